The molecule has 1 N–H and O–H groups in total. The Bertz CT molecular complexity index is 788. The first-order valence-electron chi connectivity index (χ1n) is 9.47. The number of amides is 1. The smallest absolute Gasteiger partial charge is 0.234 e. The molecule has 28 heavy (non-hydrogen) atoms. The molecule has 0 bridgehead atoms. The summed E-state index contributed by atoms with van der Waals surface area (Å²) in [5, 5.41) is 3.01. The largest absolute Gasteiger partial charge is 0.497 e. The maximum absolute atomic E-state index is 12.5. The molecule has 1 fully saturated rings. The van der Waals surface area contributed by atoms with E-state index >= 15 is 0 Å². The zero-order chi connectivity index (χ0) is 19.9. The summed E-state index contributed by atoms with van der Waals surface area (Å²) < 4.78 is 16.0. The van der Waals surface area contributed by atoms with Gasteiger partial charge in [0.15, 0.2) is 0 Å². The standard InChI is InChI=1S/C22H28N2O4/c1-26-19-8-4-16(5-9-19)13-23-22(25)15-24(18-6-7-18)14-17-12-20(27-2)10-11-21(17)28-3/h4-5,8-12,18H,6-7,13-15H2,1-3H3,(H,23,25). The van der Waals surface area contributed by atoms with Crippen LogP contribution in [0.1, 0.15) is 24.0 Å². The minimum Gasteiger partial charge on any atom is -0.497 e. The molecule has 0 heterocycles. The second kappa shape index (κ2) is 9.46. The van der Waals surface area contributed by atoms with Crippen LogP contribution in [0.2, 0.25) is 0 Å². The first kappa shape index (κ1) is 20.0. The van der Waals surface area contributed by atoms with Gasteiger partial charge in [0, 0.05) is 24.7 Å². The van der Waals surface area contributed by atoms with E-state index in [0.29, 0.717) is 25.7 Å². The van der Waals surface area contributed by atoms with Gasteiger partial charge in [0.25, 0.3) is 0 Å². The van der Waals surface area contributed by atoms with Gasteiger partial charge in [0.05, 0.1) is 27.9 Å². The summed E-state index contributed by atoms with van der Waals surface area (Å²) in [4.78, 5) is 14.7. The maximum Gasteiger partial charge on any atom is 0.234 e. The summed E-state index contributed by atoms with van der Waals surface area (Å²) in [5.41, 5.74) is 2.07. The molecular weight excluding hydrogens is 356 g/mol. The Morgan fingerprint density at radius 2 is 1.68 bits per heavy atom. The van der Waals surface area contributed by atoms with Crippen LogP contribution in [0, 0.1) is 0 Å². The molecule has 150 valence electrons. The molecule has 1 aliphatic carbocycles. The molecule has 0 aliphatic heterocycles. The van der Waals surface area contributed by atoms with E-state index in [2.05, 4.69) is 10.2 Å². The van der Waals surface area contributed by atoms with Crippen molar-refractivity contribution in [1.29, 1.82) is 0 Å². The molecule has 1 aliphatic rings. The Hall–Kier alpha value is -2.73. The lowest BCUT2D eigenvalue weighted by molar-refractivity contribution is -0.122. The molecule has 0 unspecified atom stereocenters. The normalized spacial score (nSPS) is 13.3. The van der Waals surface area contributed by atoms with E-state index in [1.165, 1.54) is 0 Å². The minimum absolute atomic E-state index is 0.0181. The lowest BCUT2D eigenvalue weighted by Crippen LogP contribution is -2.38. The predicted molar refractivity (Wildman–Crippen MR) is 108 cm³/mol. The van der Waals surface area contributed by atoms with E-state index in [9.17, 15) is 4.79 Å². The van der Waals surface area contributed by atoms with Crippen molar-refractivity contribution in [3.63, 3.8) is 0 Å². The Balaban J connectivity index is 1.59. The average Bonchev–Trinajstić information content (AvgIpc) is 3.57. The van der Waals surface area contributed by atoms with Crippen LogP contribution in [-0.2, 0) is 17.9 Å². The van der Waals surface area contributed by atoms with Crippen LogP contribution in [0.4, 0.5) is 0 Å². The Morgan fingerprint density at radius 3 is 2.29 bits per heavy atom. The summed E-state index contributed by atoms with van der Waals surface area (Å²) in [7, 11) is 4.95. The van der Waals surface area contributed by atoms with Gasteiger partial charge in [0.1, 0.15) is 17.2 Å². The molecule has 0 spiro atoms. The van der Waals surface area contributed by atoms with E-state index in [0.717, 1.165) is 41.2 Å². The van der Waals surface area contributed by atoms with Gasteiger partial charge >= 0.3 is 0 Å². The number of nitrogens with one attached hydrogen (secondary N) is 1. The lowest BCUT2D eigenvalue weighted by atomic mass is 10.1. The van der Waals surface area contributed by atoms with Crippen LogP contribution in [0.5, 0.6) is 17.2 Å². The number of hydrogen-bond acceptors (Lipinski definition) is 5. The van der Waals surface area contributed by atoms with Crippen molar-refractivity contribution in [3.05, 3.63) is 53.6 Å². The zero-order valence-electron chi connectivity index (χ0n) is 16.7. The van der Waals surface area contributed by atoms with Gasteiger partial charge in [0.2, 0.25) is 5.91 Å². The number of methoxy groups -OCH3 is 3. The fourth-order valence-electron chi connectivity index (χ4n) is 3.16. The summed E-state index contributed by atoms with van der Waals surface area (Å²) >= 11 is 0. The quantitative estimate of drug-likeness (QED) is 0.682. The predicted octanol–water partition coefficient (Wildman–Crippen LogP) is 2.99. The topological polar surface area (TPSA) is 60.0 Å². The van der Waals surface area contributed by atoms with E-state index in [1.54, 1.807) is 21.3 Å². The first-order valence-corrected chi connectivity index (χ1v) is 9.47. The number of hydrogen-bond donors (Lipinski definition) is 1. The highest BCUT2D eigenvalue weighted by Gasteiger charge is 2.31. The van der Waals surface area contributed by atoms with Crippen molar-refractivity contribution in [2.24, 2.45) is 0 Å². The Morgan fingerprint density at radius 1 is 1.00 bits per heavy atom. The summed E-state index contributed by atoms with van der Waals surface area (Å²) in [6.45, 7) is 1.52. The monoisotopic (exact) mass is 384 g/mol. The highest BCUT2D eigenvalue weighted by molar-refractivity contribution is 5.78. The molecule has 1 saturated carbocycles. The molecule has 0 saturated heterocycles. The Labute approximate surface area is 166 Å². The van der Waals surface area contributed by atoms with Gasteiger partial charge < -0.3 is 19.5 Å². The third-order valence-corrected chi connectivity index (χ3v) is 4.92. The summed E-state index contributed by atoms with van der Waals surface area (Å²) in [5.74, 6) is 2.42. The third kappa shape index (κ3) is 5.39. The summed E-state index contributed by atoms with van der Waals surface area (Å²) in [6.07, 6.45) is 2.25. The van der Waals surface area contributed by atoms with Crippen molar-refractivity contribution in [2.75, 3.05) is 27.9 Å². The van der Waals surface area contributed by atoms with Crippen LogP contribution < -0.4 is 19.5 Å². The third-order valence-electron chi connectivity index (χ3n) is 4.92. The highest BCUT2D eigenvalue weighted by atomic mass is 16.5. The summed E-state index contributed by atoms with van der Waals surface area (Å²) in [6, 6.07) is 13.9. The van der Waals surface area contributed by atoms with Gasteiger partial charge in [-0.25, -0.2) is 0 Å². The molecule has 0 atom stereocenters. The van der Waals surface area contributed by atoms with Gasteiger partial charge in [-0.3, -0.25) is 9.69 Å². The molecular formula is C22H28N2O4. The molecule has 0 radical (unpaired) electrons. The SMILES string of the molecule is COc1ccc(CNC(=O)CN(Cc2cc(OC)ccc2OC)C2CC2)cc1. The van der Waals surface area contributed by atoms with E-state index in [1.807, 2.05) is 42.5 Å². The lowest BCUT2D eigenvalue weighted by Gasteiger charge is -2.23. The van der Waals surface area contributed by atoms with E-state index < -0.39 is 0 Å². The molecule has 6 heteroatoms. The van der Waals surface area contributed by atoms with Crippen molar-refractivity contribution < 1.29 is 19.0 Å². The Kier molecular flexibility index (Phi) is 6.76. The van der Waals surface area contributed by atoms with Gasteiger partial charge in [-0.05, 0) is 48.7 Å². The average molecular weight is 384 g/mol. The van der Waals surface area contributed by atoms with Gasteiger partial charge in [-0.15, -0.1) is 0 Å². The first-order chi connectivity index (χ1) is 13.6. The molecule has 2 aromatic rings. The molecule has 2 aromatic carbocycles. The molecule has 1 amide bonds. The van der Waals surface area contributed by atoms with Gasteiger partial charge in [-0.2, -0.15) is 0 Å². The second-order valence-electron chi connectivity index (χ2n) is 6.94. The van der Waals surface area contributed by atoms with E-state index in [4.69, 9.17) is 14.2 Å². The number of carbonyl (C=O) groups is 1. The van der Waals surface area contributed by atoms with Crippen LogP contribution in [0.25, 0.3) is 0 Å². The van der Waals surface area contributed by atoms with Crippen LogP contribution in [-0.4, -0.2) is 44.7 Å². The highest BCUT2D eigenvalue weighted by Crippen LogP contribution is 2.31. The number of ether oxygens (including phenoxy) is 3. The molecule has 3 rings (SSSR count). The molecule has 0 aromatic heterocycles. The zero-order valence-corrected chi connectivity index (χ0v) is 16.7. The van der Waals surface area contributed by atoms with Crippen molar-refractivity contribution in [2.45, 2.75) is 32.0 Å². The van der Waals surface area contributed by atoms with Crippen LogP contribution in [0.15, 0.2) is 42.5 Å². The maximum atomic E-state index is 12.5. The van der Waals surface area contributed by atoms with Crippen molar-refractivity contribution in [3.8, 4) is 17.2 Å². The number of benzene rings is 2. The number of nitrogens with zero attached hydrogens (tertiary/aromatic N) is 1. The molecule has 6 nitrogen and oxygen atoms in total. The van der Waals surface area contributed by atoms with Crippen LogP contribution >= 0.6 is 0 Å². The fourth-order valence-corrected chi connectivity index (χ4v) is 3.16. The number of rotatable bonds is 10. The van der Waals surface area contributed by atoms with Crippen molar-refractivity contribution in [1.82, 2.24) is 10.2 Å². The van der Waals surface area contributed by atoms with Crippen molar-refractivity contribution >= 4 is 5.91 Å². The minimum atomic E-state index is 0.0181. The second-order valence-corrected chi connectivity index (χ2v) is 6.94. The number of carbonyl (C=O) groups excluding carboxylic acids is 1. The van der Waals surface area contributed by atoms with Gasteiger partial charge in [-0.1, -0.05) is 12.1 Å². The fraction of sp³-hybridized carbons (Fsp3) is 0.409. The van der Waals surface area contributed by atoms with Crippen LogP contribution in [0.3, 0.4) is 0 Å². The van der Waals surface area contributed by atoms with E-state index in [-0.39, 0.29) is 5.91 Å².